The molecule has 7 nitrogen and oxygen atoms in total. The molecule has 10 heteroatoms. The molecule has 1 fully saturated rings. The Hall–Kier alpha value is -3.40. The number of halogens is 2. The Labute approximate surface area is 198 Å². The molecule has 0 spiro atoms. The van der Waals surface area contributed by atoms with E-state index in [0.717, 1.165) is 65.1 Å². The molecule has 1 saturated carbocycles. The summed E-state index contributed by atoms with van der Waals surface area (Å²) in [7, 11) is 0. The van der Waals surface area contributed by atoms with E-state index in [9.17, 15) is 18.7 Å². The van der Waals surface area contributed by atoms with Crippen molar-refractivity contribution in [2.45, 2.75) is 38.6 Å². The fourth-order valence-electron chi connectivity index (χ4n) is 4.42. The highest BCUT2D eigenvalue weighted by Crippen LogP contribution is 2.33. The fraction of sp³-hybridized carbons (Fsp3) is 0.333. The Morgan fingerprint density at radius 2 is 1.91 bits per heavy atom. The summed E-state index contributed by atoms with van der Waals surface area (Å²) in [6.07, 6.45) is 5.76. The van der Waals surface area contributed by atoms with E-state index in [1.54, 1.807) is 0 Å². The van der Waals surface area contributed by atoms with Crippen molar-refractivity contribution in [3.05, 3.63) is 59.6 Å². The number of phenolic OH excluding ortho intramolecular Hbond substituents is 1. The molecule has 2 N–H and O–H groups in total. The lowest BCUT2D eigenvalue weighted by atomic mass is 9.86. The van der Waals surface area contributed by atoms with Crippen LogP contribution in [0.3, 0.4) is 0 Å². The summed E-state index contributed by atoms with van der Waals surface area (Å²) in [6.45, 7) is 2.31. The quantitative estimate of drug-likeness (QED) is 0.416. The Balaban J connectivity index is 1.18. The number of phenols is 1. The van der Waals surface area contributed by atoms with Gasteiger partial charge in [0.1, 0.15) is 10.8 Å². The number of nitrogens with zero attached hydrogens (tertiary/aromatic N) is 4. The zero-order valence-corrected chi connectivity index (χ0v) is 19.3. The Kier molecular flexibility index (Phi) is 5.99. The number of aromatic hydroxyl groups is 1. The standard InChI is InChI=1S/C24H23F2N5O2S/c1-13-28-24(34-30-13)15-4-5-16-12-31(29-21(16)10-15)18-6-2-14(3-7-18)11-27-23(33)17-8-19(25)22(32)20(26)9-17/h4-5,8-10,12,14,18,32H,2-3,6-7,11H2,1H3,(H,27,33). The van der Waals surface area contributed by atoms with Gasteiger partial charge in [0, 0.05) is 29.3 Å². The van der Waals surface area contributed by atoms with Crippen molar-refractivity contribution in [3.8, 4) is 16.3 Å². The lowest BCUT2D eigenvalue weighted by Crippen LogP contribution is -2.31. The highest BCUT2D eigenvalue weighted by Gasteiger charge is 2.24. The lowest BCUT2D eigenvalue weighted by molar-refractivity contribution is 0.0940. The van der Waals surface area contributed by atoms with Gasteiger partial charge in [0.25, 0.3) is 5.91 Å². The summed E-state index contributed by atoms with van der Waals surface area (Å²) < 4.78 is 33.3. The molecule has 0 unspecified atom stereocenters. The van der Waals surface area contributed by atoms with Crippen LogP contribution in [-0.2, 0) is 0 Å². The predicted molar refractivity (Wildman–Crippen MR) is 125 cm³/mol. The Morgan fingerprint density at radius 3 is 2.59 bits per heavy atom. The van der Waals surface area contributed by atoms with Crippen LogP contribution in [-0.4, -0.2) is 36.7 Å². The van der Waals surface area contributed by atoms with Crippen molar-refractivity contribution in [1.82, 2.24) is 24.5 Å². The largest absolute Gasteiger partial charge is 0.503 e. The highest BCUT2D eigenvalue weighted by molar-refractivity contribution is 7.09. The van der Waals surface area contributed by atoms with E-state index in [1.165, 1.54) is 11.5 Å². The molecule has 2 heterocycles. The first kappa shape index (κ1) is 22.4. The van der Waals surface area contributed by atoms with E-state index in [1.807, 2.05) is 23.7 Å². The van der Waals surface area contributed by atoms with Crippen LogP contribution in [0.25, 0.3) is 21.5 Å². The molecular weight excluding hydrogens is 460 g/mol. The van der Waals surface area contributed by atoms with Crippen molar-refractivity contribution in [1.29, 1.82) is 0 Å². The highest BCUT2D eigenvalue weighted by atomic mass is 32.1. The molecular formula is C24H23F2N5O2S. The second kappa shape index (κ2) is 9.09. The zero-order valence-electron chi connectivity index (χ0n) is 18.5. The number of carbonyl (C=O) groups excluding carboxylic acids is 1. The van der Waals surface area contributed by atoms with Crippen molar-refractivity contribution < 1.29 is 18.7 Å². The number of hydrogen-bond acceptors (Lipinski definition) is 6. The Bertz CT molecular complexity index is 1340. The van der Waals surface area contributed by atoms with Crippen LogP contribution in [0.1, 0.15) is 47.9 Å². The third-order valence-electron chi connectivity index (χ3n) is 6.32. The lowest BCUT2D eigenvalue weighted by Gasteiger charge is -2.28. The van der Waals surface area contributed by atoms with Crippen LogP contribution < -0.4 is 5.32 Å². The van der Waals surface area contributed by atoms with E-state index in [4.69, 9.17) is 5.10 Å². The first-order chi connectivity index (χ1) is 16.4. The number of fused-ring (bicyclic) bond motifs is 1. The maximum Gasteiger partial charge on any atom is 0.251 e. The molecule has 2 aromatic heterocycles. The molecule has 2 aromatic carbocycles. The second-order valence-corrected chi connectivity index (χ2v) is 9.45. The number of rotatable bonds is 5. The molecule has 1 amide bonds. The van der Waals surface area contributed by atoms with Gasteiger partial charge in [-0.25, -0.2) is 13.8 Å². The number of nitrogens with one attached hydrogen (secondary N) is 1. The van der Waals surface area contributed by atoms with Gasteiger partial charge in [-0.1, -0.05) is 12.1 Å². The molecule has 0 atom stereocenters. The number of amides is 1. The first-order valence-corrected chi connectivity index (χ1v) is 11.9. The number of carbonyl (C=O) groups is 1. The minimum absolute atomic E-state index is 0.146. The predicted octanol–water partition coefficient (Wildman–Crippen LogP) is 5.01. The smallest absolute Gasteiger partial charge is 0.251 e. The van der Waals surface area contributed by atoms with Crippen molar-refractivity contribution in [2.24, 2.45) is 5.92 Å². The van der Waals surface area contributed by atoms with Gasteiger partial charge in [-0.2, -0.15) is 9.47 Å². The number of benzene rings is 2. The van der Waals surface area contributed by atoms with Crippen LogP contribution in [0.15, 0.2) is 36.5 Å². The summed E-state index contributed by atoms with van der Waals surface area (Å²) in [5.41, 5.74) is 1.79. The summed E-state index contributed by atoms with van der Waals surface area (Å²) in [5.74, 6) is -2.89. The topological polar surface area (TPSA) is 92.9 Å². The summed E-state index contributed by atoms with van der Waals surface area (Å²) >= 11 is 1.38. The van der Waals surface area contributed by atoms with Gasteiger partial charge in [-0.3, -0.25) is 9.48 Å². The normalized spacial score (nSPS) is 18.3. The van der Waals surface area contributed by atoms with E-state index in [-0.39, 0.29) is 17.5 Å². The first-order valence-electron chi connectivity index (χ1n) is 11.1. The molecule has 0 radical (unpaired) electrons. The summed E-state index contributed by atoms with van der Waals surface area (Å²) in [6, 6.07) is 8.10. The molecule has 1 aliphatic carbocycles. The zero-order chi connectivity index (χ0) is 23.8. The second-order valence-electron chi connectivity index (χ2n) is 8.70. The van der Waals surface area contributed by atoms with Gasteiger partial charge in [-0.05, 0) is 68.3 Å². The maximum absolute atomic E-state index is 13.5. The molecule has 5 rings (SSSR count). The van der Waals surface area contributed by atoms with Gasteiger partial charge in [0.2, 0.25) is 0 Å². The number of aromatic nitrogens is 4. The van der Waals surface area contributed by atoms with Gasteiger partial charge in [0.05, 0.1) is 11.6 Å². The summed E-state index contributed by atoms with van der Waals surface area (Å²) in [4.78, 5) is 16.7. The van der Waals surface area contributed by atoms with Gasteiger partial charge >= 0.3 is 0 Å². The fourth-order valence-corrected chi connectivity index (χ4v) is 5.08. The van der Waals surface area contributed by atoms with E-state index < -0.39 is 23.3 Å². The third kappa shape index (κ3) is 4.50. The van der Waals surface area contributed by atoms with Gasteiger partial charge in [-0.15, -0.1) is 0 Å². The van der Waals surface area contributed by atoms with Crippen LogP contribution in [0.5, 0.6) is 5.75 Å². The third-order valence-corrected chi connectivity index (χ3v) is 7.18. The number of hydrogen-bond donors (Lipinski definition) is 2. The molecule has 4 aromatic rings. The molecule has 176 valence electrons. The molecule has 0 bridgehead atoms. The molecule has 0 saturated heterocycles. The SMILES string of the molecule is Cc1nsc(-c2ccc3cn(C4CCC(CNC(=O)c5cc(F)c(O)c(F)c5)CC4)nc3c2)n1. The maximum atomic E-state index is 13.5. The van der Waals surface area contributed by atoms with Crippen molar-refractivity contribution in [3.63, 3.8) is 0 Å². The van der Waals surface area contributed by atoms with E-state index in [0.29, 0.717) is 6.54 Å². The van der Waals surface area contributed by atoms with Crippen molar-refractivity contribution >= 4 is 28.3 Å². The van der Waals surface area contributed by atoms with Crippen LogP contribution in [0, 0.1) is 24.5 Å². The minimum atomic E-state index is -1.15. The summed E-state index contributed by atoms with van der Waals surface area (Å²) in [5, 5.41) is 18.7. The molecule has 0 aliphatic heterocycles. The molecule has 34 heavy (non-hydrogen) atoms. The minimum Gasteiger partial charge on any atom is -0.503 e. The molecule has 1 aliphatic rings. The van der Waals surface area contributed by atoms with Crippen LogP contribution in [0.4, 0.5) is 8.78 Å². The van der Waals surface area contributed by atoms with Crippen molar-refractivity contribution in [2.75, 3.05) is 6.54 Å². The Morgan fingerprint density at radius 1 is 1.18 bits per heavy atom. The average molecular weight is 484 g/mol. The van der Waals surface area contributed by atoms with E-state index >= 15 is 0 Å². The van der Waals surface area contributed by atoms with Gasteiger partial charge < -0.3 is 10.4 Å². The van der Waals surface area contributed by atoms with E-state index in [2.05, 4.69) is 26.9 Å². The monoisotopic (exact) mass is 483 g/mol. The van der Waals surface area contributed by atoms with Gasteiger partial charge in [0.15, 0.2) is 17.4 Å². The number of aryl methyl sites for hydroxylation is 1. The average Bonchev–Trinajstić information content (AvgIpc) is 3.46. The van der Waals surface area contributed by atoms with Crippen LogP contribution in [0.2, 0.25) is 0 Å². The van der Waals surface area contributed by atoms with Crippen LogP contribution >= 0.6 is 11.5 Å².